The summed E-state index contributed by atoms with van der Waals surface area (Å²) in [6, 6.07) is 44.1. The van der Waals surface area contributed by atoms with Crippen LogP contribution in [0.1, 0.15) is 11.1 Å². The van der Waals surface area contributed by atoms with E-state index in [1.54, 1.807) is 24.8 Å². The van der Waals surface area contributed by atoms with Crippen LogP contribution >= 0.6 is 0 Å². The maximum absolute atomic E-state index is 8.49. The van der Waals surface area contributed by atoms with E-state index in [1.165, 1.54) is 21.9 Å². The molecule has 0 radical (unpaired) electrons. The van der Waals surface area contributed by atoms with Crippen LogP contribution in [0.15, 0.2) is 183 Å². The van der Waals surface area contributed by atoms with E-state index in [2.05, 4.69) is 88.4 Å². The zero-order valence-corrected chi connectivity index (χ0v) is 36.9. The van der Waals surface area contributed by atoms with Gasteiger partial charge in [0.2, 0.25) is 0 Å². The fourth-order valence-electron chi connectivity index (χ4n) is 6.38. The van der Waals surface area contributed by atoms with Gasteiger partial charge in [0.25, 0.3) is 0 Å². The molecule has 0 unspecified atom stereocenters. The van der Waals surface area contributed by atoms with E-state index >= 15 is 0 Å². The summed E-state index contributed by atoms with van der Waals surface area (Å²) in [6.45, 7) is 0. The van der Waals surface area contributed by atoms with Gasteiger partial charge in [-0.05, 0) is 96.8 Å². The summed E-state index contributed by atoms with van der Waals surface area (Å²) in [7, 11) is -9.89. The van der Waals surface area contributed by atoms with Crippen LogP contribution in [0.4, 0.5) is 0 Å². The fourth-order valence-corrected chi connectivity index (χ4v) is 6.38. The van der Waals surface area contributed by atoms with Crippen LogP contribution in [0.3, 0.4) is 0 Å². The predicted molar refractivity (Wildman–Crippen MR) is 216 cm³/mol. The van der Waals surface area contributed by atoms with E-state index in [0.717, 1.165) is 68.5 Å². The molecule has 2 aromatic carbocycles. The second-order valence-corrected chi connectivity index (χ2v) is 14.6. The Balaban J connectivity index is 0.000000187. The normalized spacial score (nSPS) is 10.8. The molecular formula is C46H34Cl2N8O8Ru. The third-order valence-electron chi connectivity index (χ3n) is 8.99. The van der Waals surface area contributed by atoms with Crippen LogP contribution in [-0.4, -0.2) is 39.9 Å². The van der Waals surface area contributed by atoms with Gasteiger partial charge in [0.15, 0.2) is 0 Å². The number of pyridine rings is 8. The molecular weight excluding hydrogens is 965 g/mol. The first kappa shape index (κ1) is 49.6. The van der Waals surface area contributed by atoms with E-state index in [1.807, 2.05) is 110 Å². The number of nitrogens with zero attached hydrogens (tertiary/aromatic N) is 8. The molecule has 0 amide bonds. The SMILES string of the molecule is [O-][Cl+3]([O-])([O-])[O-].[O-][Cl+3]([O-])([O-])[O-].[Ru+2].c1ccc(-c2ccccn2)nc1.c1ccc(-c2ccccn2)nc1.c1cnc2c(c1)ccc1c(CCc3ccnc4c3ccc3cccnc34)ccnc12. The second kappa shape index (κ2) is 24.0. The number of fused-ring (bicyclic) bond motifs is 6. The number of aromatic nitrogens is 8. The molecule has 0 saturated carbocycles. The van der Waals surface area contributed by atoms with Gasteiger partial charge < -0.3 is 0 Å². The molecule has 0 fully saturated rings. The molecule has 10 rings (SSSR count). The molecule has 0 bridgehead atoms. The monoisotopic (exact) mass is 998 g/mol. The van der Waals surface area contributed by atoms with Crippen molar-refractivity contribution in [3.05, 3.63) is 194 Å². The van der Waals surface area contributed by atoms with E-state index in [4.69, 9.17) is 37.3 Å². The number of hydrogen-bond acceptors (Lipinski definition) is 16. The van der Waals surface area contributed by atoms with Crippen LogP contribution < -0.4 is 37.3 Å². The van der Waals surface area contributed by atoms with Gasteiger partial charge in [0, 0.05) is 71.1 Å². The molecule has 0 N–H and O–H groups in total. The van der Waals surface area contributed by atoms with Crippen LogP contribution in [0.2, 0.25) is 0 Å². The van der Waals surface area contributed by atoms with Crippen molar-refractivity contribution >= 4 is 43.6 Å². The molecule has 16 nitrogen and oxygen atoms in total. The van der Waals surface area contributed by atoms with Crippen molar-refractivity contribution in [1.82, 2.24) is 39.9 Å². The van der Waals surface area contributed by atoms with Crippen molar-refractivity contribution in [2.45, 2.75) is 12.8 Å². The Bertz CT molecular complexity index is 2730. The summed E-state index contributed by atoms with van der Waals surface area (Å²) in [5.74, 6) is 0. The first-order valence-electron chi connectivity index (χ1n) is 18.9. The average molecular weight is 999 g/mol. The van der Waals surface area contributed by atoms with Crippen molar-refractivity contribution in [1.29, 1.82) is 0 Å². The van der Waals surface area contributed by atoms with Crippen molar-refractivity contribution in [3.8, 4) is 22.8 Å². The maximum atomic E-state index is 8.49. The molecule has 65 heavy (non-hydrogen) atoms. The Morgan fingerprint density at radius 1 is 0.292 bits per heavy atom. The predicted octanol–water partition coefficient (Wildman–Crippen LogP) is 0.437. The minimum atomic E-state index is -4.94. The number of hydrogen-bond donors (Lipinski definition) is 0. The molecule has 10 aromatic rings. The summed E-state index contributed by atoms with van der Waals surface area (Å²) >= 11 is 0. The van der Waals surface area contributed by atoms with E-state index in [0.29, 0.717) is 0 Å². The second-order valence-electron chi connectivity index (χ2n) is 13.1. The Kier molecular flexibility index (Phi) is 18.3. The average Bonchev–Trinajstić information content (AvgIpc) is 3.31. The van der Waals surface area contributed by atoms with E-state index in [-0.39, 0.29) is 19.5 Å². The van der Waals surface area contributed by atoms with Gasteiger partial charge in [0.05, 0.1) is 44.8 Å². The summed E-state index contributed by atoms with van der Waals surface area (Å²) < 4.78 is 67.9. The van der Waals surface area contributed by atoms with Crippen LogP contribution in [0.5, 0.6) is 0 Å². The first-order valence-corrected chi connectivity index (χ1v) is 21.4. The molecule has 0 atom stereocenters. The van der Waals surface area contributed by atoms with Crippen LogP contribution in [-0.2, 0) is 32.3 Å². The van der Waals surface area contributed by atoms with Crippen molar-refractivity contribution in [2.75, 3.05) is 0 Å². The van der Waals surface area contributed by atoms with Crippen molar-refractivity contribution in [3.63, 3.8) is 0 Å². The first-order chi connectivity index (χ1) is 30.8. The van der Waals surface area contributed by atoms with Gasteiger partial charge in [-0.1, -0.05) is 60.7 Å². The summed E-state index contributed by atoms with van der Waals surface area (Å²) in [4.78, 5) is 35.1. The fraction of sp³-hybridized carbons (Fsp3) is 0.0435. The smallest absolute Gasteiger partial charge is 0.255 e. The number of rotatable bonds is 5. The number of benzene rings is 2. The Morgan fingerprint density at radius 3 is 0.877 bits per heavy atom. The van der Waals surface area contributed by atoms with Gasteiger partial charge in [0.1, 0.15) is 0 Å². The molecule has 0 aliphatic heterocycles. The Hall–Kier alpha value is -6.44. The van der Waals surface area contributed by atoms with Gasteiger partial charge >= 0.3 is 19.5 Å². The molecule has 0 aliphatic carbocycles. The third kappa shape index (κ3) is 15.6. The standard InChI is InChI=1S/C26H18N4.2C10H8N2.2ClHO4.Ru/c1-3-19-7-9-21-17(11-15-29-25(21)23(19)27-13-1)5-6-18-12-16-30-26-22(18)10-8-20-4-2-14-28-24(20)26;2*1-3-7-11-9(5-1)10-6-2-4-8-12-10;2*2-1(3,4)5;/h1-4,7-16H,5-6H2;2*1-8H;2*(H,2,3,4,5);/q;;;;;+2/p-2. The van der Waals surface area contributed by atoms with Gasteiger partial charge in [-0.15, -0.1) is 20.5 Å². The molecule has 0 aliphatic rings. The number of halogens is 2. The minimum Gasteiger partial charge on any atom is -0.255 e. The minimum absolute atomic E-state index is 0. The van der Waals surface area contributed by atoms with E-state index in [9.17, 15) is 0 Å². The van der Waals surface area contributed by atoms with E-state index < -0.39 is 20.5 Å². The molecule has 0 saturated heterocycles. The maximum Gasteiger partial charge on any atom is 2.00 e. The molecule has 8 heterocycles. The Labute approximate surface area is 388 Å². The summed E-state index contributed by atoms with van der Waals surface area (Å²) in [5, 5.41) is 4.59. The molecule has 19 heteroatoms. The molecule has 0 spiro atoms. The third-order valence-corrected chi connectivity index (χ3v) is 8.99. The zero-order chi connectivity index (χ0) is 45.4. The Morgan fingerprint density at radius 2 is 0.585 bits per heavy atom. The molecule has 8 aromatic heterocycles. The van der Waals surface area contributed by atoms with Gasteiger partial charge in [-0.25, -0.2) is 37.3 Å². The molecule has 328 valence electrons. The van der Waals surface area contributed by atoms with Crippen molar-refractivity contribution in [2.24, 2.45) is 0 Å². The van der Waals surface area contributed by atoms with Crippen molar-refractivity contribution < 1.29 is 77.2 Å². The van der Waals surface area contributed by atoms with Crippen LogP contribution in [0.25, 0.3) is 66.4 Å². The zero-order valence-electron chi connectivity index (χ0n) is 33.7. The largest absolute Gasteiger partial charge is 2.00 e. The van der Waals surface area contributed by atoms with Crippen LogP contribution in [0, 0.1) is 20.5 Å². The van der Waals surface area contributed by atoms with Gasteiger partial charge in [-0.3, -0.25) is 39.9 Å². The number of aryl methyl sites for hydroxylation is 2. The summed E-state index contributed by atoms with van der Waals surface area (Å²) in [5.41, 5.74) is 10.1. The summed E-state index contributed by atoms with van der Waals surface area (Å²) in [6.07, 6.45) is 16.4. The quantitative estimate of drug-likeness (QED) is 0.167. The topological polar surface area (TPSA) is 288 Å². The van der Waals surface area contributed by atoms with Gasteiger partial charge in [-0.2, -0.15) is 0 Å².